The van der Waals surface area contributed by atoms with Crippen molar-refractivity contribution < 1.29 is 4.39 Å². The largest absolute Gasteiger partial charge is 0.319 e. The van der Waals surface area contributed by atoms with Gasteiger partial charge in [-0.3, -0.25) is 0 Å². The second kappa shape index (κ2) is 5.28. The van der Waals surface area contributed by atoms with Crippen LogP contribution in [-0.4, -0.2) is 13.6 Å². The Kier molecular flexibility index (Phi) is 3.98. The van der Waals surface area contributed by atoms with Crippen LogP contribution < -0.4 is 5.32 Å². The van der Waals surface area contributed by atoms with E-state index in [4.69, 9.17) is 0 Å². The molecule has 0 heterocycles. The summed E-state index contributed by atoms with van der Waals surface area (Å²) in [7, 11) is 2.00. The molecule has 0 aliphatic heterocycles. The zero-order valence-corrected chi connectivity index (χ0v) is 11.1. The van der Waals surface area contributed by atoms with Gasteiger partial charge in [0.25, 0.3) is 0 Å². The fourth-order valence-electron chi connectivity index (χ4n) is 2.41. The second-order valence-electron chi connectivity index (χ2n) is 4.61. The van der Waals surface area contributed by atoms with E-state index >= 15 is 0 Å². The smallest absolute Gasteiger partial charge is 0.137 e. The van der Waals surface area contributed by atoms with Crippen molar-refractivity contribution in [1.29, 1.82) is 0 Å². The van der Waals surface area contributed by atoms with Crippen LogP contribution in [0.5, 0.6) is 0 Å². The lowest BCUT2D eigenvalue weighted by molar-refractivity contribution is 0.174. The van der Waals surface area contributed by atoms with Crippen LogP contribution in [0.15, 0.2) is 22.7 Å². The van der Waals surface area contributed by atoms with Crippen LogP contribution in [0.2, 0.25) is 0 Å². The van der Waals surface area contributed by atoms with Gasteiger partial charge in [0.15, 0.2) is 0 Å². The van der Waals surface area contributed by atoms with Crippen molar-refractivity contribution in [3.05, 3.63) is 34.1 Å². The third kappa shape index (κ3) is 2.64. The molecule has 2 rings (SSSR count). The highest BCUT2D eigenvalue weighted by molar-refractivity contribution is 9.10. The molecule has 1 aromatic carbocycles. The maximum Gasteiger partial charge on any atom is 0.137 e. The van der Waals surface area contributed by atoms with E-state index in [-0.39, 0.29) is 5.82 Å². The van der Waals surface area contributed by atoms with Gasteiger partial charge in [-0.05, 0) is 78.3 Å². The Morgan fingerprint density at radius 2 is 2.12 bits per heavy atom. The summed E-state index contributed by atoms with van der Waals surface area (Å²) in [5.74, 6) is 1.39. The normalized spacial score (nSPS) is 24.2. The number of rotatable bonds is 4. The molecule has 0 radical (unpaired) electrons. The summed E-state index contributed by atoms with van der Waals surface area (Å²) in [5, 5.41) is 3.24. The van der Waals surface area contributed by atoms with Crippen molar-refractivity contribution in [2.75, 3.05) is 13.6 Å². The molecule has 1 aliphatic carbocycles. The Balaban J connectivity index is 1.96. The maximum atomic E-state index is 13.1. The fraction of sp³-hybridized carbons (Fsp3) is 0.538. The molecule has 88 valence electrons. The van der Waals surface area contributed by atoms with Crippen LogP contribution in [0.25, 0.3) is 0 Å². The van der Waals surface area contributed by atoms with Gasteiger partial charge in [0.05, 0.1) is 4.47 Å². The zero-order chi connectivity index (χ0) is 11.5. The molecule has 1 aromatic rings. The van der Waals surface area contributed by atoms with E-state index in [0.29, 0.717) is 4.47 Å². The highest BCUT2D eigenvalue weighted by Crippen LogP contribution is 2.36. The molecule has 0 spiro atoms. The number of hydrogen-bond donors (Lipinski definition) is 1. The van der Waals surface area contributed by atoms with E-state index in [2.05, 4.69) is 21.2 Å². The molecule has 0 saturated heterocycles. The number of halogens is 2. The minimum atomic E-state index is -0.177. The van der Waals surface area contributed by atoms with Crippen LogP contribution in [0, 0.1) is 17.7 Å². The summed E-state index contributed by atoms with van der Waals surface area (Å²) >= 11 is 3.23. The molecule has 1 fully saturated rings. The topological polar surface area (TPSA) is 12.0 Å². The average molecular weight is 286 g/mol. The highest BCUT2D eigenvalue weighted by atomic mass is 79.9. The van der Waals surface area contributed by atoms with E-state index in [1.165, 1.54) is 18.4 Å². The molecule has 1 N–H and O–H groups in total. The van der Waals surface area contributed by atoms with Crippen LogP contribution >= 0.6 is 15.9 Å². The quantitative estimate of drug-likeness (QED) is 0.894. The summed E-state index contributed by atoms with van der Waals surface area (Å²) in [6, 6.07) is 5.35. The van der Waals surface area contributed by atoms with Crippen molar-refractivity contribution in [1.82, 2.24) is 5.32 Å². The van der Waals surface area contributed by atoms with Crippen LogP contribution in [0.4, 0.5) is 4.39 Å². The summed E-state index contributed by atoms with van der Waals surface area (Å²) in [6.07, 6.45) is 3.71. The van der Waals surface area contributed by atoms with E-state index in [9.17, 15) is 4.39 Å². The van der Waals surface area contributed by atoms with Gasteiger partial charge >= 0.3 is 0 Å². The minimum Gasteiger partial charge on any atom is -0.319 e. The summed E-state index contributed by atoms with van der Waals surface area (Å²) in [4.78, 5) is 0. The van der Waals surface area contributed by atoms with Gasteiger partial charge in [0.1, 0.15) is 5.82 Å². The van der Waals surface area contributed by atoms with E-state index < -0.39 is 0 Å². The summed E-state index contributed by atoms with van der Waals surface area (Å²) < 4.78 is 13.7. The lowest BCUT2D eigenvalue weighted by atomic mass is 9.71. The molecule has 1 nitrogen and oxygen atoms in total. The molecule has 2 atom stereocenters. The van der Waals surface area contributed by atoms with Crippen LogP contribution in [0.3, 0.4) is 0 Å². The van der Waals surface area contributed by atoms with Crippen molar-refractivity contribution in [2.45, 2.75) is 19.3 Å². The van der Waals surface area contributed by atoms with Crippen LogP contribution in [0.1, 0.15) is 18.4 Å². The van der Waals surface area contributed by atoms with Crippen LogP contribution in [-0.2, 0) is 6.42 Å². The predicted molar refractivity (Wildman–Crippen MR) is 67.9 cm³/mol. The Bertz CT molecular complexity index is 367. The third-order valence-corrected chi connectivity index (χ3v) is 4.13. The molecule has 0 aromatic heterocycles. The average Bonchev–Trinajstić information content (AvgIpc) is 2.26. The molecule has 0 bridgehead atoms. The van der Waals surface area contributed by atoms with Crippen molar-refractivity contribution in [3.63, 3.8) is 0 Å². The molecule has 2 unspecified atom stereocenters. The SMILES string of the molecule is CNCC1CCC1Cc1ccc(F)c(Br)c1. The van der Waals surface area contributed by atoms with Crippen molar-refractivity contribution in [3.8, 4) is 0 Å². The highest BCUT2D eigenvalue weighted by Gasteiger charge is 2.29. The predicted octanol–water partition coefficient (Wildman–Crippen LogP) is 3.38. The molecule has 1 saturated carbocycles. The number of benzene rings is 1. The molecular weight excluding hydrogens is 269 g/mol. The molecule has 1 aliphatic rings. The summed E-state index contributed by atoms with van der Waals surface area (Å²) in [6.45, 7) is 1.10. The first-order chi connectivity index (χ1) is 7.70. The first-order valence-corrected chi connectivity index (χ1v) is 6.58. The number of hydrogen-bond acceptors (Lipinski definition) is 1. The van der Waals surface area contributed by atoms with Gasteiger partial charge in [-0.2, -0.15) is 0 Å². The standard InChI is InChI=1S/C13H17BrFN/c1-16-8-11-4-3-10(11)6-9-2-5-13(15)12(14)7-9/h2,5,7,10-11,16H,3-4,6,8H2,1H3. The van der Waals surface area contributed by atoms with Gasteiger partial charge in [0.2, 0.25) is 0 Å². The lowest BCUT2D eigenvalue weighted by Crippen LogP contribution is -2.35. The number of nitrogens with one attached hydrogen (secondary N) is 1. The fourth-order valence-corrected chi connectivity index (χ4v) is 2.83. The van der Waals surface area contributed by atoms with Gasteiger partial charge in [-0.1, -0.05) is 6.07 Å². The van der Waals surface area contributed by atoms with E-state index in [1.54, 1.807) is 6.07 Å². The summed E-state index contributed by atoms with van der Waals surface area (Å²) in [5.41, 5.74) is 1.24. The molecule has 3 heteroatoms. The Labute approximate surface area is 105 Å². The maximum absolute atomic E-state index is 13.1. The molecule has 16 heavy (non-hydrogen) atoms. The first kappa shape index (κ1) is 12.1. The van der Waals surface area contributed by atoms with Crippen molar-refractivity contribution in [2.24, 2.45) is 11.8 Å². The van der Waals surface area contributed by atoms with E-state index in [0.717, 1.165) is 24.8 Å². The van der Waals surface area contributed by atoms with Gasteiger partial charge in [0, 0.05) is 0 Å². The Morgan fingerprint density at radius 1 is 1.38 bits per heavy atom. The van der Waals surface area contributed by atoms with Gasteiger partial charge < -0.3 is 5.32 Å². The molecule has 0 amide bonds. The first-order valence-electron chi connectivity index (χ1n) is 5.79. The monoisotopic (exact) mass is 285 g/mol. The van der Waals surface area contributed by atoms with Gasteiger partial charge in [-0.25, -0.2) is 4.39 Å². The minimum absolute atomic E-state index is 0.177. The van der Waals surface area contributed by atoms with Crippen molar-refractivity contribution >= 4 is 15.9 Å². The van der Waals surface area contributed by atoms with Gasteiger partial charge in [-0.15, -0.1) is 0 Å². The Hall–Kier alpha value is -0.410. The zero-order valence-electron chi connectivity index (χ0n) is 9.47. The lowest BCUT2D eigenvalue weighted by Gasteiger charge is -2.36. The Morgan fingerprint density at radius 3 is 2.69 bits per heavy atom. The molecular formula is C13H17BrFN. The van der Waals surface area contributed by atoms with E-state index in [1.807, 2.05) is 19.2 Å². The third-order valence-electron chi connectivity index (χ3n) is 3.52. The second-order valence-corrected chi connectivity index (χ2v) is 5.46.